The standard InChI is InChI=1S/C11H10ClN7OS/c12-10-18-8(7-9(19-10)16-5-15-7)13-2-1-6(20)17-11-14-3-4-21-11/h3-5H,1-2H2,(H,14,17,20)(H2,13,15,16,18,19). The van der Waals surface area contributed by atoms with E-state index in [0.717, 1.165) is 0 Å². The van der Waals surface area contributed by atoms with E-state index < -0.39 is 0 Å². The fourth-order valence-electron chi connectivity index (χ4n) is 1.70. The smallest absolute Gasteiger partial charge is 0.227 e. The minimum Gasteiger partial charge on any atom is -0.368 e. The average Bonchev–Trinajstić information content (AvgIpc) is 3.09. The molecule has 0 saturated carbocycles. The van der Waals surface area contributed by atoms with Crippen LogP contribution in [0, 0.1) is 0 Å². The minimum atomic E-state index is -0.126. The molecule has 0 aliphatic rings. The van der Waals surface area contributed by atoms with Crippen molar-refractivity contribution in [3.8, 4) is 0 Å². The molecule has 3 rings (SSSR count). The Hall–Kier alpha value is -2.26. The highest BCUT2D eigenvalue weighted by Gasteiger charge is 2.09. The van der Waals surface area contributed by atoms with Gasteiger partial charge in [-0.25, -0.2) is 9.97 Å². The Morgan fingerprint density at radius 1 is 1.38 bits per heavy atom. The number of halogens is 1. The topological polar surface area (TPSA) is 108 Å². The Morgan fingerprint density at radius 3 is 3.10 bits per heavy atom. The maximum Gasteiger partial charge on any atom is 0.227 e. The lowest BCUT2D eigenvalue weighted by atomic mass is 10.4. The van der Waals surface area contributed by atoms with Crippen molar-refractivity contribution in [2.45, 2.75) is 6.42 Å². The van der Waals surface area contributed by atoms with E-state index in [9.17, 15) is 4.79 Å². The molecule has 8 nitrogen and oxygen atoms in total. The van der Waals surface area contributed by atoms with Gasteiger partial charge in [0.1, 0.15) is 5.52 Å². The molecule has 0 aromatic carbocycles. The van der Waals surface area contributed by atoms with Gasteiger partial charge >= 0.3 is 0 Å². The maximum absolute atomic E-state index is 11.7. The van der Waals surface area contributed by atoms with Gasteiger partial charge in [-0.05, 0) is 11.6 Å². The van der Waals surface area contributed by atoms with Crippen molar-refractivity contribution < 1.29 is 4.79 Å². The zero-order valence-electron chi connectivity index (χ0n) is 10.6. The molecule has 3 N–H and O–H groups in total. The van der Waals surface area contributed by atoms with Crippen molar-refractivity contribution >= 4 is 51.0 Å². The van der Waals surface area contributed by atoms with Crippen LogP contribution in [0.25, 0.3) is 11.2 Å². The predicted octanol–water partition coefficient (Wildman–Crippen LogP) is 1.90. The van der Waals surface area contributed by atoms with Crippen LogP contribution in [-0.2, 0) is 4.79 Å². The summed E-state index contributed by atoms with van der Waals surface area (Å²) in [7, 11) is 0. The fraction of sp³-hybridized carbons (Fsp3) is 0.182. The van der Waals surface area contributed by atoms with Crippen molar-refractivity contribution in [3.05, 3.63) is 23.2 Å². The number of fused-ring (bicyclic) bond motifs is 1. The number of aromatic nitrogens is 5. The summed E-state index contributed by atoms with van der Waals surface area (Å²) in [5, 5.41) is 8.22. The highest BCUT2D eigenvalue weighted by molar-refractivity contribution is 7.13. The number of carbonyl (C=O) groups excluding carboxylic acids is 1. The summed E-state index contributed by atoms with van der Waals surface area (Å²) in [6, 6.07) is 0. The highest BCUT2D eigenvalue weighted by Crippen LogP contribution is 2.18. The highest BCUT2D eigenvalue weighted by atomic mass is 35.5. The van der Waals surface area contributed by atoms with Crippen LogP contribution in [0.1, 0.15) is 6.42 Å². The number of rotatable bonds is 5. The number of nitrogens with zero attached hydrogens (tertiary/aromatic N) is 4. The van der Waals surface area contributed by atoms with Gasteiger partial charge in [0.2, 0.25) is 11.2 Å². The average molecular weight is 324 g/mol. The van der Waals surface area contributed by atoms with E-state index in [1.165, 1.54) is 17.7 Å². The molecule has 0 spiro atoms. The van der Waals surface area contributed by atoms with Crippen LogP contribution >= 0.6 is 22.9 Å². The molecular weight excluding hydrogens is 314 g/mol. The molecular formula is C11H10ClN7OS. The van der Waals surface area contributed by atoms with E-state index in [1.807, 2.05) is 0 Å². The van der Waals surface area contributed by atoms with Gasteiger partial charge in [-0.2, -0.15) is 9.97 Å². The van der Waals surface area contributed by atoms with E-state index in [4.69, 9.17) is 11.6 Å². The predicted molar refractivity (Wildman–Crippen MR) is 80.5 cm³/mol. The van der Waals surface area contributed by atoms with Crippen molar-refractivity contribution in [2.24, 2.45) is 0 Å². The zero-order valence-corrected chi connectivity index (χ0v) is 12.2. The molecule has 0 bridgehead atoms. The quantitative estimate of drug-likeness (QED) is 0.619. The van der Waals surface area contributed by atoms with Crippen molar-refractivity contribution in [1.29, 1.82) is 0 Å². The Balaban J connectivity index is 1.59. The summed E-state index contributed by atoms with van der Waals surface area (Å²) in [5.41, 5.74) is 1.13. The summed E-state index contributed by atoms with van der Waals surface area (Å²) >= 11 is 7.19. The zero-order chi connectivity index (χ0) is 14.7. The van der Waals surface area contributed by atoms with E-state index in [0.29, 0.717) is 28.7 Å². The van der Waals surface area contributed by atoms with Gasteiger partial charge < -0.3 is 15.6 Å². The van der Waals surface area contributed by atoms with E-state index in [1.54, 1.807) is 11.6 Å². The largest absolute Gasteiger partial charge is 0.368 e. The first-order chi connectivity index (χ1) is 10.2. The number of thiazole rings is 1. The second kappa shape index (κ2) is 6.02. The number of hydrogen-bond donors (Lipinski definition) is 3. The number of anilines is 2. The van der Waals surface area contributed by atoms with Crippen molar-refractivity contribution in [1.82, 2.24) is 24.9 Å². The number of amides is 1. The Bertz CT molecular complexity index is 757. The third-order valence-corrected chi connectivity index (χ3v) is 3.44. The van der Waals surface area contributed by atoms with Crippen LogP contribution in [0.2, 0.25) is 5.28 Å². The maximum atomic E-state index is 11.7. The van der Waals surface area contributed by atoms with Gasteiger partial charge in [0, 0.05) is 24.5 Å². The monoisotopic (exact) mass is 323 g/mol. The molecule has 0 unspecified atom stereocenters. The SMILES string of the molecule is O=C(CCNc1nc(Cl)nc2nc[nH]c12)Nc1nccs1. The van der Waals surface area contributed by atoms with Gasteiger partial charge in [-0.3, -0.25) is 4.79 Å². The van der Waals surface area contributed by atoms with Crippen LogP contribution in [-0.4, -0.2) is 37.4 Å². The molecule has 21 heavy (non-hydrogen) atoms. The second-order valence-corrected chi connectivity index (χ2v) is 5.24. The van der Waals surface area contributed by atoms with Gasteiger partial charge in [-0.1, -0.05) is 0 Å². The van der Waals surface area contributed by atoms with Crippen molar-refractivity contribution in [2.75, 3.05) is 17.2 Å². The molecule has 3 aromatic rings. The number of hydrogen-bond acceptors (Lipinski definition) is 7. The van der Waals surface area contributed by atoms with Gasteiger partial charge in [0.25, 0.3) is 0 Å². The third-order valence-electron chi connectivity index (χ3n) is 2.58. The van der Waals surface area contributed by atoms with Gasteiger partial charge in [0.05, 0.1) is 6.33 Å². The Morgan fingerprint density at radius 2 is 2.29 bits per heavy atom. The number of imidazole rings is 1. The van der Waals surface area contributed by atoms with E-state index in [2.05, 4.69) is 35.6 Å². The summed E-state index contributed by atoms with van der Waals surface area (Å²) in [6.07, 6.45) is 3.42. The lowest BCUT2D eigenvalue weighted by Crippen LogP contribution is -2.16. The van der Waals surface area contributed by atoms with Crippen LogP contribution < -0.4 is 10.6 Å². The molecule has 0 radical (unpaired) electrons. The van der Waals surface area contributed by atoms with Crippen LogP contribution in [0.3, 0.4) is 0 Å². The third kappa shape index (κ3) is 3.26. The summed E-state index contributed by atoms with van der Waals surface area (Å²) < 4.78 is 0. The summed E-state index contributed by atoms with van der Waals surface area (Å²) in [4.78, 5) is 30.7. The second-order valence-electron chi connectivity index (χ2n) is 4.00. The molecule has 3 aromatic heterocycles. The number of H-pyrrole nitrogens is 1. The molecule has 0 saturated heterocycles. The fourth-order valence-corrected chi connectivity index (χ4v) is 2.41. The molecule has 0 aliphatic heterocycles. The number of carbonyl (C=O) groups is 1. The molecule has 3 heterocycles. The summed E-state index contributed by atoms with van der Waals surface area (Å²) in [5.74, 6) is 0.392. The van der Waals surface area contributed by atoms with Crippen molar-refractivity contribution in [3.63, 3.8) is 0 Å². The molecule has 1 amide bonds. The van der Waals surface area contributed by atoms with Gasteiger partial charge in [0.15, 0.2) is 16.6 Å². The molecule has 108 valence electrons. The normalized spacial score (nSPS) is 10.7. The Labute approximate surface area is 128 Å². The Kier molecular flexibility index (Phi) is 3.93. The molecule has 10 heteroatoms. The van der Waals surface area contributed by atoms with E-state index >= 15 is 0 Å². The lowest BCUT2D eigenvalue weighted by Gasteiger charge is -2.06. The van der Waals surface area contributed by atoms with Crippen LogP contribution in [0.4, 0.5) is 10.9 Å². The van der Waals surface area contributed by atoms with Crippen LogP contribution in [0.5, 0.6) is 0 Å². The first-order valence-corrected chi connectivity index (χ1v) is 7.28. The summed E-state index contributed by atoms with van der Waals surface area (Å²) in [6.45, 7) is 0.401. The molecule has 0 atom stereocenters. The van der Waals surface area contributed by atoms with Crippen LogP contribution in [0.15, 0.2) is 17.9 Å². The molecule has 0 fully saturated rings. The van der Waals surface area contributed by atoms with E-state index in [-0.39, 0.29) is 17.6 Å². The first-order valence-electron chi connectivity index (χ1n) is 6.02. The molecule has 0 aliphatic carbocycles. The minimum absolute atomic E-state index is 0.101. The number of nitrogens with one attached hydrogen (secondary N) is 3. The van der Waals surface area contributed by atoms with Gasteiger partial charge in [-0.15, -0.1) is 11.3 Å². The lowest BCUT2D eigenvalue weighted by molar-refractivity contribution is -0.115. The first kappa shape index (κ1) is 13.7. The number of aromatic amines is 1.